The summed E-state index contributed by atoms with van der Waals surface area (Å²) in [5, 5.41) is 1.03. The van der Waals surface area contributed by atoms with Crippen molar-refractivity contribution in [3.8, 4) is 0 Å². The Morgan fingerprint density at radius 3 is 2.37 bits per heavy atom. The van der Waals surface area contributed by atoms with Crippen molar-refractivity contribution in [2.75, 3.05) is 38.1 Å². The largest absolute Gasteiger partial charge is 0.341 e. The first kappa shape index (κ1) is 15.3. The number of halogens is 1. The van der Waals surface area contributed by atoms with Crippen LogP contribution in [0.15, 0.2) is 0 Å². The van der Waals surface area contributed by atoms with Crippen LogP contribution in [0.5, 0.6) is 0 Å². The Hall–Kier alpha value is -0.0900. The van der Waals surface area contributed by atoms with Gasteiger partial charge in [0.1, 0.15) is 0 Å². The first-order valence-corrected chi connectivity index (χ1v) is 9.00. The Labute approximate surface area is 125 Å². The van der Waals surface area contributed by atoms with Crippen molar-refractivity contribution in [3.05, 3.63) is 0 Å². The maximum atomic E-state index is 12.6. The predicted octanol–water partition coefficient (Wildman–Crippen LogP) is 2.89. The molecular weight excluding hydrogens is 304 g/mol. The van der Waals surface area contributed by atoms with Crippen LogP contribution >= 0.6 is 15.9 Å². The molecule has 0 N–H and O–H groups in total. The van der Waals surface area contributed by atoms with Crippen molar-refractivity contribution < 1.29 is 4.79 Å². The lowest BCUT2D eigenvalue weighted by molar-refractivity contribution is -0.135. The number of hydrogen-bond donors (Lipinski definition) is 0. The van der Waals surface area contributed by atoms with Crippen LogP contribution in [0.2, 0.25) is 0 Å². The maximum absolute atomic E-state index is 12.6. The number of amides is 1. The molecule has 1 heterocycles. The third kappa shape index (κ3) is 4.75. The van der Waals surface area contributed by atoms with Gasteiger partial charge in [0.2, 0.25) is 5.91 Å². The fraction of sp³-hybridized carbons (Fsp3) is 0.933. The number of carbonyl (C=O) groups is 1. The molecule has 19 heavy (non-hydrogen) atoms. The lowest BCUT2D eigenvalue weighted by Gasteiger charge is -2.25. The standard InChI is InChI=1S/C15H27BrN2O/c16-8-11-17-9-5-10-18(13-12-17)15(19)14-6-3-1-2-4-7-14/h14H,1-13H2. The summed E-state index contributed by atoms with van der Waals surface area (Å²) in [5.41, 5.74) is 0. The van der Waals surface area contributed by atoms with Gasteiger partial charge in [-0.3, -0.25) is 4.79 Å². The number of carbonyl (C=O) groups excluding carboxylic acids is 1. The van der Waals surface area contributed by atoms with Crippen LogP contribution in [-0.2, 0) is 4.79 Å². The molecule has 0 aromatic carbocycles. The highest BCUT2D eigenvalue weighted by Gasteiger charge is 2.26. The summed E-state index contributed by atoms with van der Waals surface area (Å²) in [4.78, 5) is 17.2. The van der Waals surface area contributed by atoms with Gasteiger partial charge < -0.3 is 9.80 Å². The summed E-state index contributed by atoms with van der Waals surface area (Å²) in [5.74, 6) is 0.771. The van der Waals surface area contributed by atoms with Gasteiger partial charge in [-0.25, -0.2) is 0 Å². The summed E-state index contributed by atoms with van der Waals surface area (Å²) in [7, 11) is 0. The molecule has 0 spiro atoms. The average Bonchev–Trinajstić information content (AvgIpc) is 2.81. The van der Waals surface area contributed by atoms with Gasteiger partial charge in [0.25, 0.3) is 0 Å². The van der Waals surface area contributed by atoms with E-state index in [1.807, 2.05) is 0 Å². The van der Waals surface area contributed by atoms with Gasteiger partial charge in [-0.05, 0) is 25.8 Å². The fourth-order valence-electron chi connectivity index (χ4n) is 3.32. The van der Waals surface area contributed by atoms with Crippen molar-refractivity contribution in [2.45, 2.75) is 44.9 Å². The zero-order valence-electron chi connectivity index (χ0n) is 12.0. The van der Waals surface area contributed by atoms with Crippen LogP contribution < -0.4 is 0 Å². The minimum Gasteiger partial charge on any atom is -0.341 e. The average molecular weight is 331 g/mol. The van der Waals surface area contributed by atoms with Crippen LogP contribution in [0.4, 0.5) is 0 Å². The van der Waals surface area contributed by atoms with E-state index < -0.39 is 0 Å². The maximum Gasteiger partial charge on any atom is 0.225 e. The Bertz CT molecular complexity index is 277. The van der Waals surface area contributed by atoms with E-state index in [2.05, 4.69) is 25.7 Å². The first-order chi connectivity index (χ1) is 9.31. The van der Waals surface area contributed by atoms with Crippen LogP contribution in [0.1, 0.15) is 44.9 Å². The second-order valence-electron chi connectivity index (χ2n) is 5.90. The second-order valence-corrected chi connectivity index (χ2v) is 6.69. The fourth-order valence-corrected chi connectivity index (χ4v) is 3.82. The van der Waals surface area contributed by atoms with E-state index in [1.165, 1.54) is 25.7 Å². The predicted molar refractivity (Wildman–Crippen MR) is 82.6 cm³/mol. The van der Waals surface area contributed by atoms with E-state index in [9.17, 15) is 4.79 Å². The number of alkyl halides is 1. The Balaban J connectivity index is 1.84. The molecule has 110 valence electrons. The molecule has 0 radical (unpaired) electrons. The smallest absolute Gasteiger partial charge is 0.225 e. The van der Waals surface area contributed by atoms with Gasteiger partial charge in [0.15, 0.2) is 0 Å². The van der Waals surface area contributed by atoms with E-state index in [1.54, 1.807) is 0 Å². The Morgan fingerprint density at radius 2 is 1.68 bits per heavy atom. The van der Waals surface area contributed by atoms with Crippen LogP contribution in [-0.4, -0.2) is 53.8 Å². The molecule has 1 aliphatic carbocycles. The molecule has 0 bridgehead atoms. The van der Waals surface area contributed by atoms with Crippen molar-refractivity contribution in [2.24, 2.45) is 5.92 Å². The third-order valence-electron chi connectivity index (χ3n) is 4.51. The summed E-state index contributed by atoms with van der Waals surface area (Å²) in [6.45, 7) is 5.19. The molecule has 1 saturated heterocycles. The summed E-state index contributed by atoms with van der Waals surface area (Å²) < 4.78 is 0. The molecule has 2 fully saturated rings. The molecule has 1 aliphatic heterocycles. The first-order valence-electron chi connectivity index (χ1n) is 7.88. The minimum atomic E-state index is 0.324. The third-order valence-corrected chi connectivity index (χ3v) is 4.86. The van der Waals surface area contributed by atoms with Crippen molar-refractivity contribution in [1.82, 2.24) is 9.80 Å². The number of rotatable bonds is 3. The van der Waals surface area contributed by atoms with E-state index >= 15 is 0 Å². The zero-order chi connectivity index (χ0) is 13.5. The van der Waals surface area contributed by atoms with Crippen LogP contribution in [0.3, 0.4) is 0 Å². The lowest BCUT2D eigenvalue weighted by atomic mass is 9.98. The van der Waals surface area contributed by atoms with Gasteiger partial charge in [0.05, 0.1) is 0 Å². The highest BCUT2D eigenvalue weighted by molar-refractivity contribution is 9.09. The molecule has 1 saturated carbocycles. The van der Waals surface area contributed by atoms with E-state index in [0.717, 1.165) is 57.3 Å². The van der Waals surface area contributed by atoms with Gasteiger partial charge in [-0.15, -0.1) is 0 Å². The molecule has 1 amide bonds. The summed E-state index contributed by atoms with van der Waals surface area (Å²) in [6.07, 6.45) is 8.53. The normalized spacial score (nSPS) is 23.9. The minimum absolute atomic E-state index is 0.324. The monoisotopic (exact) mass is 330 g/mol. The molecule has 3 nitrogen and oxygen atoms in total. The second kappa shape index (κ2) is 8.25. The number of nitrogens with zero attached hydrogens (tertiary/aromatic N) is 2. The Morgan fingerprint density at radius 1 is 0.947 bits per heavy atom. The van der Waals surface area contributed by atoms with Gasteiger partial charge in [-0.1, -0.05) is 41.6 Å². The molecule has 2 aliphatic rings. The highest BCUT2D eigenvalue weighted by Crippen LogP contribution is 2.25. The Kier molecular flexibility index (Phi) is 6.65. The molecular formula is C15H27BrN2O. The molecule has 0 atom stereocenters. The van der Waals surface area contributed by atoms with Crippen LogP contribution in [0, 0.1) is 5.92 Å². The van der Waals surface area contributed by atoms with Crippen LogP contribution in [0.25, 0.3) is 0 Å². The molecule has 4 heteroatoms. The van der Waals surface area contributed by atoms with Gasteiger partial charge in [-0.2, -0.15) is 0 Å². The lowest BCUT2D eigenvalue weighted by Crippen LogP contribution is -2.39. The molecule has 0 aromatic heterocycles. The summed E-state index contributed by atoms with van der Waals surface area (Å²) in [6, 6.07) is 0. The van der Waals surface area contributed by atoms with Gasteiger partial charge >= 0.3 is 0 Å². The highest BCUT2D eigenvalue weighted by atomic mass is 79.9. The van der Waals surface area contributed by atoms with E-state index in [0.29, 0.717) is 11.8 Å². The van der Waals surface area contributed by atoms with E-state index in [4.69, 9.17) is 0 Å². The van der Waals surface area contributed by atoms with Crippen molar-refractivity contribution >= 4 is 21.8 Å². The summed E-state index contributed by atoms with van der Waals surface area (Å²) >= 11 is 3.50. The molecule has 2 rings (SSSR count). The van der Waals surface area contributed by atoms with E-state index in [-0.39, 0.29) is 0 Å². The molecule has 0 aromatic rings. The van der Waals surface area contributed by atoms with Gasteiger partial charge in [0, 0.05) is 37.4 Å². The van der Waals surface area contributed by atoms with Crippen molar-refractivity contribution in [3.63, 3.8) is 0 Å². The SMILES string of the molecule is O=C(C1CCCCCC1)N1CCCN(CCBr)CC1. The number of hydrogen-bond acceptors (Lipinski definition) is 2. The van der Waals surface area contributed by atoms with Crippen molar-refractivity contribution in [1.29, 1.82) is 0 Å². The quantitative estimate of drug-likeness (QED) is 0.586. The molecule has 0 unspecified atom stereocenters. The zero-order valence-corrected chi connectivity index (χ0v) is 13.5. The topological polar surface area (TPSA) is 23.6 Å².